The zero-order chi connectivity index (χ0) is 11.8. The van der Waals surface area contributed by atoms with Crippen LogP contribution in [0.4, 0.5) is 0 Å². The third-order valence-corrected chi connectivity index (χ3v) is 4.30. The topological polar surface area (TPSA) is 12.0 Å². The zero-order valence-electron chi connectivity index (χ0n) is 11.0. The van der Waals surface area contributed by atoms with Crippen LogP contribution in [0.3, 0.4) is 0 Å². The van der Waals surface area contributed by atoms with Crippen LogP contribution in [0.5, 0.6) is 0 Å². The van der Waals surface area contributed by atoms with Crippen molar-refractivity contribution in [2.45, 2.75) is 52.4 Å². The maximum atomic E-state index is 4.19. The van der Waals surface area contributed by atoms with Crippen LogP contribution in [-0.2, 0) is 0 Å². The van der Waals surface area contributed by atoms with E-state index in [-0.39, 0.29) is 0 Å². The quantitative estimate of drug-likeness (QED) is 0.513. The van der Waals surface area contributed by atoms with Crippen LogP contribution in [0, 0.1) is 17.8 Å². The van der Waals surface area contributed by atoms with Crippen molar-refractivity contribution in [1.82, 2.24) is 5.32 Å². The molecule has 1 aliphatic carbocycles. The summed E-state index contributed by atoms with van der Waals surface area (Å²) < 4.78 is 0. The molecule has 1 nitrogen and oxygen atoms in total. The van der Waals surface area contributed by atoms with Gasteiger partial charge in [-0.05, 0) is 43.6 Å². The second kappa shape index (κ2) is 8.41. The summed E-state index contributed by atoms with van der Waals surface area (Å²) in [5.74, 6) is 3.91. The van der Waals surface area contributed by atoms with Gasteiger partial charge < -0.3 is 5.32 Å². The van der Waals surface area contributed by atoms with Crippen LogP contribution in [0.2, 0.25) is 0 Å². The number of rotatable bonds is 7. The summed E-state index contributed by atoms with van der Waals surface area (Å²) in [6.45, 7) is 7.10. The molecule has 16 heavy (non-hydrogen) atoms. The summed E-state index contributed by atoms with van der Waals surface area (Å²) in [5, 5.41) is 3.41. The van der Waals surface area contributed by atoms with Crippen molar-refractivity contribution in [3.63, 3.8) is 0 Å². The predicted molar refractivity (Wildman–Crippen MR) is 76.2 cm³/mol. The molecule has 0 aliphatic heterocycles. The van der Waals surface area contributed by atoms with Gasteiger partial charge in [0.05, 0.1) is 0 Å². The van der Waals surface area contributed by atoms with E-state index in [9.17, 15) is 0 Å². The highest BCUT2D eigenvalue weighted by Crippen LogP contribution is 2.35. The van der Waals surface area contributed by atoms with Gasteiger partial charge in [-0.25, -0.2) is 0 Å². The molecular weight excluding hydrogens is 214 g/mol. The van der Waals surface area contributed by atoms with Crippen LogP contribution < -0.4 is 5.32 Å². The second-order valence-corrected chi connectivity index (χ2v) is 6.07. The fourth-order valence-corrected chi connectivity index (χ4v) is 3.18. The summed E-state index contributed by atoms with van der Waals surface area (Å²) in [6, 6.07) is 0. The Hall–Kier alpha value is 0.310. The lowest BCUT2D eigenvalue weighted by molar-refractivity contribution is 0.191. The van der Waals surface area contributed by atoms with Crippen molar-refractivity contribution >= 4 is 12.6 Å². The second-order valence-electron chi connectivity index (χ2n) is 5.62. The molecule has 1 saturated carbocycles. The molecule has 0 spiro atoms. The van der Waals surface area contributed by atoms with Gasteiger partial charge >= 0.3 is 0 Å². The lowest BCUT2D eigenvalue weighted by atomic mass is 9.74. The Kier molecular flexibility index (Phi) is 7.55. The van der Waals surface area contributed by atoms with Gasteiger partial charge in [0, 0.05) is 12.3 Å². The molecule has 3 atom stereocenters. The molecule has 0 saturated heterocycles. The fraction of sp³-hybridized carbons (Fsp3) is 1.00. The van der Waals surface area contributed by atoms with Crippen molar-refractivity contribution in [3.05, 3.63) is 0 Å². The van der Waals surface area contributed by atoms with E-state index in [0.29, 0.717) is 0 Å². The van der Waals surface area contributed by atoms with Crippen molar-refractivity contribution in [2.24, 2.45) is 17.8 Å². The van der Waals surface area contributed by atoms with E-state index >= 15 is 0 Å². The monoisotopic (exact) mass is 243 g/mol. The Morgan fingerprint density at radius 3 is 2.62 bits per heavy atom. The van der Waals surface area contributed by atoms with Gasteiger partial charge in [-0.1, -0.05) is 33.1 Å². The summed E-state index contributed by atoms with van der Waals surface area (Å²) in [5.41, 5.74) is 0. The van der Waals surface area contributed by atoms with Gasteiger partial charge in [0.15, 0.2) is 0 Å². The largest absolute Gasteiger partial charge is 0.316 e. The first kappa shape index (κ1) is 14.4. The van der Waals surface area contributed by atoms with Gasteiger partial charge in [-0.2, -0.15) is 12.6 Å². The zero-order valence-corrected chi connectivity index (χ0v) is 11.9. The van der Waals surface area contributed by atoms with Gasteiger partial charge in [0.25, 0.3) is 0 Å². The highest BCUT2D eigenvalue weighted by atomic mass is 32.1. The van der Waals surface area contributed by atoms with Crippen LogP contribution in [0.1, 0.15) is 52.4 Å². The molecule has 2 heteroatoms. The van der Waals surface area contributed by atoms with Crippen LogP contribution in [0.15, 0.2) is 0 Å². The Bertz CT molecular complexity index is 172. The average Bonchev–Trinajstić information content (AvgIpc) is 2.26. The smallest absolute Gasteiger partial charge is 0.00397 e. The molecule has 0 aromatic carbocycles. The molecule has 1 fully saturated rings. The Morgan fingerprint density at radius 2 is 1.94 bits per heavy atom. The van der Waals surface area contributed by atoms with Gasteiger partial charge in [0.2, 0.25) is 0 Å². The van der Waals surface area contributed by atoms with Crippen molar-refractivity contribution < 1.29 is 0 Å². The summed E-state index contributed by atoms with van der Waals surface area (Å²) in [6.07, 6.45) is 8.60. The lowest BCUT2D eigenvalue weighted by Gasteiger charge is -2.32. The van der Waals surface area contributed by atoms with Gasteiger partial charge in [-0.15, -0.1) is 0 Å². The van der Waals surface area contributed by atoms with E-state index < -0.39 is 0 Å². The van der Waals surface area contributed by atoms with Gasteiger partial charge in [0.1, 0.15) is 0 Å². The molecule has 0 amide bonds. The van der Waals surface area contributed by atoms with Crippen molar-refractivity contribution in [2.75, 3.05) is 18.8 Å². The third kappa shape index (κ3) is 5.58. The van der Waals surface area contributed by atoms with E-state index in [4.69, 9.17) is 0 Å². The number of thiol groups is 1. The molecule has 0 heterocycles. The number of unbranched alkanes of at least 4 members (excludes halogenated alkanes) is 1. The molecule has 0 bridgehead atoms. The average molecular weight is 243 g/mol. The highest BCUT2D eigenvalue weighted by molar-refractivity contribution is 7.80. The standard InChI is InChI=1S/C14H29NS/c1-12-6-7-14(13(2)11-12)5-3-4-8-15-9-10-16/h12-16H,3-11H2,1-2H3. The van der Waals surface area contributed by atoms with Crippen LogP contribution in [-0.4, -0.2) is 18.8 Å². The van der Waals surface area contributed by atoms with Crippen LogP contribution >= 0.6 is 12.6 Å². The molecule has 1 N–H and O–H groups in total. The maximum absolute atomic E-state index is 4.19. The van der Waals surface area contributed by atoms with Crippen molar-refractivity contribution in [1.29, 1.82) is 0 Å². The minimum atomic E-state index is 0.956. The first-order chi connectivity index (χ1) is 7.74. The van der Waals surface area contributed by atoms with E-state index in [2.05, 4.69) is 31.8 Å². The molecule has 0 aromatic heterocycles. The summed E-state index contributed by atoms with van der Waals surface area (Å²) in [4.78, 5) is 0. The Balaban J connectivity index is 2.00. The first-order valence-corrected chi connectivity index (χ1v) is 7.69. The van der Waals surface area contributed by atoms with Crippen molar-refractivity contribution in [3.8, 4) is 0 Å². The number of hydrogen-bond acceptors (Lipinski definition) is 2. The van der Waals surface area contributed by atoms with E-state index in [1.807, 2.05) is 0 Å². The van der Waals surface area contributed by atoms with E-state index in [1.165, 1.54) is 45.1 Å². The summed E-state index contributed by atoms with van der Waals surface area (Å²) in [7, 11) is 0. The predicted octanol–water partition coefficient (Wildman–Crippen LogP) is 3.75. The molecular formula is C14H29NS. The molecule has 3 unspecified atom stereocenters. The van der Waals surface area contributed by atoms with E-state index in [0.717, 1.165) is 30.1 Å². The molecule has 0 radical (unpaired) electrons. The number of nitrogens with one attached hydrogen (secondary N) is 1. The molecule has 1 rings (SSSR count). The minimum Gasteiger partial charge on any atom is -0.316 e. The van der Waals surface area contributed by atoms with Crippen LogP contribution in [0.25, 0.3) is 0 Å². The van der Waals surface area contributed by atoms with Gasteiger partial charge in [-0.3, -0.25) is 0 Å². The van der Waals surface area contributed by atoms with E-state index in [1.54, 1.807) is 0 Å². The number of hydrogen-bond donors (Lipinski definition) is 2. The molecule has 96 valence electrons. The fourth-order valence-electron chi connectivity index (χ4n) is 3.02. The first-order valence-electron chi connectivity index (χ1n) is 7.05. The third-order valence-electron chi connectivity index (χ3n) is 4.08. The molecule has 0 aromatic rings. The lowest BCUT2D eigenvalue weighted by Crippen LogP contribution is -2.22. The Labute approximate surface area is 107 Å². The SMILES string of the molecule is CC1CCC(CCCCNCCS)C(C)C1. The highest BCUT2D eigenvalue weighted by Gasteiger charge is 2.24. The Morgan fingerprint density at radius 1 is 1.12 bits per heavy atom. The molecule has 1 aliphatic rings. The normalized spacial score (nSPS) is 30.6. The maximum Gasteiger partial charge on any atom is 0.00397 e. The summed E-state index contributed by atoms with van der Waals surface area (Å²) >= 11 is 4.19. The minimum absolute atomic E-state index is 0.956.